The number of pyridine rings is 1. The van der Waals surface area contributed by atoms with Crippen LogP contribution in [0.5, 0.6) is 0 Å². The van der Waals surface area contributed by atoms with Crippen LogP contribution in [-0.4, -0.2) is 48.5 Å². The molecule has 0 saturated carbocycles. The van der Waals surface area contributed by atoms with E-state index in [2.05, 4.69) is 15.0 Å². The molecule has 104 valence electrons. The Hall–Kier alpha value is -1.66. The molecule has 1 aliphatic heterocycles. The lowest BCUT2D eigenvalue weighted by Gasteiger charge is -2.32. The Morgan fingerprint density at radius 2 is 2.32 bits per heavy atom. The Morgan fingerprint density at radius 1 is 1.58 bits per heavy atom. The van der Waals surface area contributed by atoms with Crippen molar-refractivity contribution in [1.82, 2.24) is 4.98 Å². The van der Waals surface area contributed by atoms with Crippen LogP contribution in [0.2, 0.25) is 0 Å². The van der Waals surface area contributed by atoms with Gasteiger partial charge < -0.3 is 19.9 Å². The number of hydrogen-bond acceptors (Lipinski definition) is 6. The van der Waals surface area contributed by atoms with E-state index >= 15 is 0 Å². The molecule has 0 amide bonds. The molecule has 0 radical (unpaired) electrons. The number of methoxy groups -OCH3 is 1. The van der Waals surface area contributed by atoms with Crippen molar-refractivity contribution in [2.24, 2.45) is 0 Å². The van der Waals surface area contributed by atoms with Gasteiger partial charge in [0.25, 0.3) is 0 Å². The van der Waals surface area contributed by atoms with Gasteiger partial charge in [0.15, 0.2) is 5.69 Å². The zero-order chi connectivity index (χ0) is 13.7. The minimum absolute atomic E-state index is 0.223. The Morgan fingerprint density at radius 3 is 3.00 bits per heavy atom. The second-order valence-electron chi connectivity index (χ2n) is 4.58. The maximum absolute atomic E-state index is 11.6. The molecule has 1 aliphatic rings. The number of carbonyl (C=O) groups is 1. The summed E-state index contributed by atoms with van der Waals surface area (Å²) in [5.74, 6) is -0.498. The fraction of sp³-hybridized carbons (Fsp3) is 0.538. The third-order valence-electron chi connectivity index (χ3n) is 3.22. The van der Waals surface area contributed by atoms with Crippen LogP contribution in [0.25, 0.3) is 0 Å². The van der Waals surface area contributed by atoms with Crippen LogP contribution in [0, 0.1) is 0 Å². The lowest BCUT2D eigenvalue weighted by molar-refractivity contribution is -0.0543. The van der Waals surface area contributed by atoms with Gasteiger partial charge in [-0.2, -0.15) is 0 Å². The van der Waals surface area contributed by atoms with Gasteiger partial charge in [-0.05, 0) is 12.1 Å². The number of carbonyl (C=O) groups excluding carboxylic acids is 1. The van der Waals surface area contributed by atoms with Crippen molar-refractivity contribution < 1.29 is 19.4 Å². The number of esters is 1. The summed E-state index contributed by atoms with van der Waals surface area (Å²) in [7, 11) is 1.31. The Balaban J connectivity index is 2.04. The molecular formula is C13H18N2O4. The Bertz CT molecular complexity index is 444. The minimum Gasteiger partial charge on any atom is -0.464 e. The molecule has 1 fully saturated rings. The fourth-order valence-corrected chi connectivity index (χ4v) is 2.00. The van der Waals surface area contributed by atoms with Crippen LogP contribution in [0.1, 0.15) is 23.3 Å². The topological polar surface area (TPSA) is 80.7 Å². The summed E-state index contributed by atoms with van der Waals surface area (Å²) in [6.45, 7) is 1.45. The quantitative estimate of drug-likeness (QED) is 0.785. The van der Waals surface area contributed by atoms with Gasteiger partial charge in [0.1, 0.15) is 0 Å². The van der Waals surface area contributed by atoms with Crippen molar-refractivity contribution in [3.63, 3.8) is 0 Å². The number of aliphatic hydroxyl groups is 1. The average molecular weight is 266 g/mol. The highest BCUT2D eigenvalue weighted by atomic mass is 16.5. The number of rotatable bonds is 4. The van der Waals surface area contributed by atoms with E-state index in [1.807, 2.05) is 0 Å². The first-order valence-electron chi connectivity index (χ1n) is 6.22. The van der Waals surface area contributed by atoms with E-state index in [1.165, 1.54) is 13.3 Å². The molecule has 19 heavy (non-hydrogen) atoms. The van der Waals surface area contributed by atoms with Crippen molar-refractivity contribution in [1.29, 1.82) is 0 Å². The molecule has 0 atom stereocenters. The molecule has 1 saturated heterocycles. The number of ether oxygens (including phenoxy) is 2. The normalized spacial score (nSPS) is 17.8. The Kier molecular flexibility index (Phi) is 4.34. The minimum atomic E-state index is -0.804. The maximum Gasteiger partial charge on any atom is 0.358 e. The molecule has 0 aliphatic carbocycles. The van der Waals surface area contributed by atoms with Crippen LogP contribution >= 0.6 is 0 Å². The zero-order valence-electron chi connectivity index (χ0n) is 10.9. The number of aromatic nitrogens is 1. The van der Waals surface area contributed by atoms with Gasteiger partial charge in [-0.1, -0.05) is 0 Å². The van der Waals surface area contributed by atoms with Crippen molar-refractivity contribution in [2.75, 3.05) is 32.2 Å². The molecule has 6 nitrogen and oxygen atoms in total. The van der Waals surface area contributed by atoms with Gasteiger partial charge in [-0.15, -0.1) is 0 Å². The molecule has 1 aromatic heterocycles. The van der Waals surface area contributed by atoms with Gasteiger partial charge in [0, 0.05) is 38.8 Å². The number of nitrogens with zero attached hydrogens (tertiary/aromatic N) is 1. The van der Waals surface area contributed by atoms with E-state index in [9.17, 15) is 9.90 Å². The largest absolute Gasteiger partial charge is 0.464 e. The second-order valence-corrected chi connectivity index (χ2v) is 4.58. The summed E-state index contributed by atoms with van der Waals surface area (Å²) >= 11 is 0. The molecule has 2 rings (SSSR count). The van der Waals surface area contributed by atoms with E-state index in [-0.39, 0.29) is 5.69 Å². The highest BCUT2D eigenvalue weighted by Crippen LogP contribution is 2.22. The fourth-order valence-electron chi connectivity index (χ4n) is 2.00. The van der Waals surface area contributed by atoms with Crippen LogP contribution < -0.4 is 5.32 Å². The van der Waals surface area contributed by atoms with Crippen LogP contribution in [0.3, 0.4) is 0 Å². The first kappa shape index (κ1) is 13.8. The van der Waals surface area contributed by atoms with Crippen molar-refractivity contribution in [3.8, 4) is 0 Å². The van der Waals surface area contributed by atoms with Gasteiger partial charge in [-0.25, -0.2) is 9.78 Å². The summed E-state index contributed by atoms with van der Waals surface area (Å²) in [6.07, 6.45) is 2.68. The smallest absolute Gasteiger partial charge is 0.358 e. The van der Waals surface area contributed by atoms with Crippen LogP contribution in [0.15, 0.2) is 18.3 Å². The number of anilines is 1. The summed E-state index contributed by atoms with van der Waals surface area (Å²) in [5, 5.41) is 13.4. The molecule has 0 bridgehead atoms. The Labute approximate surface area is 111 Å². The average Bonchev–Trinajstić information content (AvgIpc) is 2.45. The van der Waals surface area contributed by atoms with Crippen molar-refractivity contribution >= 4 is 11.7 Å². The molecule has 6 heteroatoms. The van der Waals surface area contributed by atoms with E-state index in [0.29, 0.717) is 38.3 Å². The molecule has 1 aromatic rings. The highest BCUT2D eigenvalue weighted by molar-refractivity contribution is 5.93. The zero-order valence-corrected chi connectivity index (χ0v) is 10.9. The lowest BCUT2D eigenvalue weighted by atomic mass is 9.94. The third-order valence-corrected chi connectivity index (χ3v) is 3.22. The maximum atomic E-state index is 11.6. The summed E-state index contributed by atoms with van der Waals surface area (Å²) in [6, 6.07) is 3.46. The monoisotopic (exact) mass is 266 g/mol. The number of nitrogens with one attached hydrogen (secondary N) is 1. The van der Waals surface area contributed by atoms with Crippen molar-refractivity contribution in [3.05, 3.63) is 24.0 Å². The van der Waals surface area contributed by atoms with Crippen LogP contribution in [-0.2, 0) is 9.47 Å². The van der Waals surface area contributed by atoms with E-state index < -0.39 is 11.6 Å². The SMILES string of the molecule is COC(=O)c1ncccc1NCC1(O)CCOCC1. The predicted octanol–water partition coefficient (Wildman–Crippen LogP) is 0.822. The van der Waals surface area contributed by atoms with E-state index in [4.69, 9.17) is 4.74 Å². The third kappa shape index (κ3) is 3.42. The van der Waals surface area contributed by atoms with Crippen LogP contribution in [0.4, 0.5) is 5.69 Å². The molecule has 0 aromatic carbocycles. The molecular weight excluding hydrogens is 248 g/mol. The van der Waals surface area contributed by atoms with Gasteiger partial charge in [0.05, 0.1) is 18.4 Å². The molecule has 0 spiro atoms. The first-order valence-corrected chi connectivity index (χ1v) is 6.22. The molecule has 0 unspecified atom stereocenters. The summed E-state index contributed by atoms with van der Waals surface area (Å²) < 4.78 is 9.89. The standard InChI is InChI=1S/C13H18N2O4/c1-18-12(16)11-10(3-2-6-14-11)15-9-13(17)4-7-19-8-5-13/h2-3,6,15,17H,4-5,7-9H2,1H3. The highest BCUT2D eigenvalue weighted by Gasteiger charge is 2.30. The van der Waals surface area contributed by atoms with Crippen molar-refractivity contribution in [2.45, 2.75) is 18.4 Å². The predicted molar refractivity (Wildman–Crippen MR) is 69.1 cm³/mol. The lowest BCUT2D eigenvalue weighted by Crippen LogP contribution is -2.42. The van der Waals surface area contributed by atoms with Gasteiger partial charge >= 0.3 is 5.97 Å². The van der Waals surface area contributed by atoms with Gasteiger partial charge in [0.2, 0.25) is 0 Å². The molecule has 2 N–H and O–H groups in total. The summed E-state index contributed by atoms with van der Waals surface area (Å²) in [5.41, 5.74) is -0.0171. The second kappa shape index (κ2) is 5.99. The van der Waals surface area contributed by atoms with E-state index in [0.717, 1.165) is 0 Å². The summed E-state index contributed by atoms with van der Waals surface area (Å²) in [4.78, 5) is 15.6. The van der Waals surface area contributed by atoms with Gasteiger partial charge in [-0.3, -0.25) is 0 Å². The number of hydrogen-bond donors (Lipinski definition) is 2. The first-order chi connectivity index (χ1) is 9.14. The molecule has 2 heterocycles. The van der Waals surface area contributed by atoms with E-state index in [1.54, 1.807) is 12.1 Å².